The standard InChI is InChI=1S/C10H20N2O/c1-8-3-5-12(7-9(8)2)6-4-10(11)13/h8-9H,3-7H2,1-2H3,(H2,11,13). The molecule has 1 heterocycles. The third-order valence-corrected chi connectivity index (χ3v) is 3.09. The molecule has 1 rings (SSSR count). The number of piperidine rings is 1. The lowest BCUT2D eigenvalue weighted by molar-refractivity contribution is -0.118. The summed E-state index contributed by atoms with van der Waals surface area (Å²) in [6.07, 6.45) is 1.75. The maximum absolute atomic E-state index is 10.6. The van der Waals surface area contributed by atoms with Crippen LogP contribution in [0.5, 0.6) is 0 Å². The van der Waals surface area contributed by atoms with Crippen LogP contribution < -0.4 is 5.73 Å². The van der Waals surface area contributed by atoms with Crippen molar-refractivity contribution in [1.29, 1.82) is 0 Å². The molecule has 1 aliphatic rings. The van der Waals surface area contributed by atoms with Gasteiger partial charge >= 0.3 is 0 Å². The Kier molecular flexibility index (Phi) is 3.72. The van der Waals surface area contributed by atoms with Gasteiger partial charge in [0, 0.05) is 19.5 Å². The summed E-state index contributed by atoms with van der Waals surface area (Å²) in [7, 11) is 0. The second-order valence-corrected chi connectivity index (χ2v) is 4.26. The molecule has 0 saturated carbocycles. The van der Waals surface area contributed by atoms with Gasteiger partial charge in [0.05, 0.1) is 0 Å². The number of carbonyl (C=O) groups excluding carboxylic acids is 1. The topological polar surface area (TPSA) is 46.3 Å². The van der Waals surface area contributed by atoms with E-state index in [2.05, 4.69) is 18.7 Å². The molecule has 0 aromatic carbocycles. The van der Waals surface area contributed by atoms with Gasteiger partial charge in [-0.2, -0.15) is 0 Å². The molecule has 1 saturated heterocycles. The molecule has 2 N–H and O–H groups in total. The first-order valence-corrected chi connectivity index (χ1v) is 5.10. The van der Waals surface area contributed by atoms with E-state index in [-0.39, 0.29) is 5.91 Å². The number of carbonyl (C=O) groups is 1. The van der Waals surface area contributed by atoms with Crippen LogP contribution in [0.1, 0.15) is 26.7 Å². The first-order valence-electron chi connectivity index (χ1n) is 5.10. The Hall–Kier alpha value is -0.570. The summed E-state index contributed by atoms with van der Waals surface area (Å²) in [6, 6.07) is 0. The summed E-state index contributed by atoms with van der Waals surface area (Å²) in [5, 5.41) is 0. The molecule has 13 heavy (non-hydrogen) atoms. The van der Waals surface area contributed by atoms with Crippen LogP contribution in [0.3, 0.4) is 0 Å². The van der Waals surface area contributed by atoms with E-state index in [0.29, 0.717) is 6.42 Å². The molecule has 2 atom stereocenters. The molecule has 2 unspecified atom stereocenters. The highest BCUT2D eigenvalue weighted by atomic mass is 16.1. The number of nitrogens with two attached hydrogens (primary N) is 1. The molecule has 0 aromatic rings. The fourth-order valence-corrected chi connectivity index (χ4v) is 1.82. The van der Waals surface area contributed by atoms with Gasteiger partial charge in [0.2, 0.25) is 5.91 Å². The summed E-state index contributed by atoms with van der Waals surface area (Å²) in [4.78, 5) is 12.9. The predicted octanol–water partition coefficient (Wildman–Crippen LogP) is 0.840. The molecule has 0 aliphatic carbocycles. The average molecular weight is 184 g/mol. The van der Waals surface area contributed by atoms with E-state index >= 15 is 0 Å². The molecule has 1 amide bonds. The molecule has 3 nitrogen and oxygen atoms in total. The van der Waals surface area contributed by atoms with Gasteiger partial charge in [-0.3, -0.25) is 4.79 Å². The van der Waals surface area contributed by atoms with Crippen LogP contribution in [0.4, 0.5) is 0 Å². The van der Waals surface area contributed by atoms with Crippen molar-refractivity contribution in [3.8, 4) is 0 Å². The first kappa shape index (κ1) is 10.5. The molecule has 0 bridgehead atoms. The van der Waals surface area contributed by atoms with Gasteiger partial charge in [-0.15, -0.1) is 0 Å². The van der Waals surface area contributed by atoms with Crippen molar-refractivity contribution in [3.05, 3.63) is 0 Å². The van der Waals surface area contributed by atoms with E-state index < -0.39 is 0 Å². The van der Waals surface area contributed by atoms with Crippen LogP contribution in [0, 0.1) is 11.8 Å². The highest BCUT2D eigenvalue weighted by molar-refractivity contribution is 5.73. The quantitative estimate of drug-likeness (QED) is 0.706. The normalized spacial score (nSPS) is 30.3. The molecular formula is C10H20N2O. The predicted molar refractivity (Wildman–Crippen MR) is 53.2 cm³/mol. The Labute approximate surface area is 80.3 Å². The van der Waals surface area contributed by atoms with Gasteiger partial charge in [0.15, 0.2) is 0 Å². The van der Waals surface area contributed by atoms with E-state index in [1.165, 1.54) is 6.42 Å². The van der Waals surface area contributed by atoms with Crippen molar-refractivity contribution in [2.24, 2.45) is 17.6 Å². The molecule has 1 fully saturated rings. The van der Waals surface area contributed by atoms with Gasteiger partial charge in [-0.25, -0.2) is 0 Å². The minimum atomic E-state index is -0.189. The van der Waals surface area contributed by atoms with Crippen molar-refractivity contribution in [2.45, 2.75) is 26.7 Å². The summed E-state index contributed by atoms with van der Waals surface area (Å²) in [5.74, 6) is 1.39. The molecule has 1 aliphatic heterocycles. The zero-order chi connectivity index (χ0) is 9.84. The summed E-state index contributed by atoms with van der Waals surface area (Å²) >= 11 is 0. The van der Waals surface area contributed by atoms with Crippen molar-refractivity contribution in [2.75, 3.05) is 19.6 Å². The second-order valence-electron chi connectivity index (χ2n) is 4.26. The van der Waals surface area contributed by atoms with E-state index in [9.17, 15) is 4.79 Å². The smallest absolute Gasteiger partial charge is 0.218 e. The average Bonchev–Trinajstić information content (AvgIpc) is 2.07. The van der Waals surface area contributed by atoms with Crippen LogP contribution in [-0.4, -0.2) is 30.4 Å². The zero-order valence-corrected chi connectivity index (χ0v) is 8.62. The Balaban J connectivity index is 2.25. The van der Waals surface area contributed by atoms with Crippen molar-refractivity contribution >= 4 is 5.91 Å². The van der Waals surface area contributed by atoms with Crippen LogP contribution >= 0.6 is 0 Å². The fraction of sp³-hybridized carbons (Fsp3) is 0.900. The number of likely N-dealkylation sites (tertiary alicyclic amines) is 1. The van der Waals surface area contributed by atoms with Crippen LogP contribution in [0.15, 0.2) is 0 Å². The number of hydrogen-bond acceptors (Lipinski definition) is 2. The van der Waals surface area contributed by atoms with Gasteiger partial charge in [0.1, 0.15) is 0 Å². The van der Waals surface area contributed by atoms with E-state index in [4.69, 9.17) is 5.73 Å². The summed E-state index contributed by atoms with van der Waals surface area (Å²) in [5.41, 5.74) is 5.11. The molecule has 0 radical (unpaired) electrons. The molecule has 0 spiro atoms. The van der Waals surface area contributed by atoms with E-state index in [1.54, 1.807) is 0 Å². The van der Waals surface area contributed by atoms with Gasteiger partial charge < -0.3 is 10.6 Å². The van der Waals surface area contributed by atoms with Crippen LogP contribution in [0.25, 0.3) is 0 Å². The van der Waals surface area contributed by atoms with Crippen molar-refractivity contribution in [1.82, 2.24) is 4.90 Å². The number of rotatable bonds is 3. The third-order valence-electron chi connectivity index (χ3n) is 3.09. The first-order chi connectivity index (χ1) is 6.09. The van der Waals surface area contributed by atoms with Crippen LogP contribution in [0.2, 0.25) is 0 Å². The fourth-order valence-electron chi connectivity index (χ4n) is 1.82. The van der Waals surface area contributed by atoms with E-state index in [1.807, 2.05) is 0 Å². The number of hydrogen-bond donors (Lipinski definition) is 1. The van der Waals surface area contributed by atoms with Crippen molar-refractivity contribution < 1.29 is 4.79 Å². The van der Waals surface area contributed by atoms with Crippen LogP contribution in [-0.2, 0) is 4.79 Å². The Morgan fingerprint density at radius 3 is 2.69 bits per heavy atom. The molecule has 0 aromatic heterocycles. The highest BCUT2D eigenvalue weighted by Crippen LogP contribution is 2.22. The molecular weight excluding hydrogens is 164 g/mol. The largest absolute Gasteiger partial charge is 0.370 e. The van der Waals surface area contributed by atoms with Crippen molar-refractivity contribution in [3.63, 3.8) is 0 Å². The van der Waals surface area contributed by atoms with E-state index in [0.717, 1.165) is 31.5 Å². The van der Waals surface area contributed by atoms with Gasteiger partial charge in [0.25, 0.3) is 0 Å². The lowest BCUT2D eigenvalue weighted by Gasteiger charge is -2.34. The minimum Gasteiger partial charge on any atom is -0.370 e. The lowest BCUT2D eigenvalue weighted by atomic mass is 9.89. The maximum Gasteiger partial charge on any atom is 0.218 e. The van der Waals surface area contributed by atoms with Gasteiger partial charge in [-0.1, -0.05) is 13.8 Å². The SMILES string of the molecule is CC1CCN(CCC(N)=O)CC1C. The molecule has 3 heteroatoms. The number of nitrogens with zero attached hydrogens (tertiary/aromatic N) is 1. The Morgan fingerprint density at radius 1 is 1.46 bits per heavy atom. The number of amides is 1. The van der Waals surface area contributed by atoms with Gasteiger partial charge in [-0.05, 0) is 24.8 Å². The Bertz CT molecular complexity index is 182. The zero-order valence-electron chi connectivity index (χ0n) is 8.62. The highest BCUT2D eigenvalue weighted by Gasteiger charge is 2.22. The maximum atomic E-state index is 10.6. The third kappa shape index (κ3) is 3.35. The number of primary amides is 1. The lowest BCUT2D eigenvalue weighted by Crippen LogP contribution is -2.39. The summed E-state index contributed by atoms with van der Waals surface area (Å²) in [6.45, 7) is 7.66. The summed E-state index contributed by atoms with van der Waals surface area (Å²) < 4.78 is 0. The second kappa shape index (κ2) is 4.61. The molecule has 76 valence electrons. The minimum absolute atomic E-state index is 0.189. The monoisotopic (exact) mass is 184 g/mol. The Morgan fingerprint density at radius 2 is 2.15 bits per heavy atom.